The molecule has 0 saturated heterocycles. The molecule has 0 rings (SSSR count). The molecular weight excluding hydrogens is 308 g/mol. The Hall–Kier alpha value is 1.27. The Labute approximate surface area is 79.9 Å². The van der Waals surface area contributed by atoms with Gasteiger partial charge in [0.05, 0.1) is 0 Å². The summed E-state index contributed by atoms with van der Waals surface area (Å²) in [6.45, 7) is 0. The molecule has 0 heterocycles. The molecule has 0 bridgehead atoms. The molecule has 0 aliphatic rings. The number of hydrogen-bond donors (Lipinski definition) is 2. The Morgan fingerprint density at radius 2 is 1.44 bits per heavy atom. The Kier molecular flexibility index (Phi) is 6.86. The molecule has 0 radical (unpaired) electrons. The van der Waals surface area contributed by atoms with E-state index in [0.29, 0.717) is 8.64 Å². The molecule has 0 aromatic rings. The van der Waals surface area contributed by atoms with Crippen LogP contribution in [0, 0.1) is 0 Å². The van der Waals surface area contributed by atoms with Crippen molar-refractivity contribution in [1.29, 1.82) is 0 Å². The van der Waals surface area contributed by atoms with Crippen molar-refractivity contribution in [3.8, 4) is 0 Å². The van der Waals surface area contributed by atoms with Crippen LogP contribution in [0.4, 0.5) is 0 Å². The van der Waals surface area contributed by atoms with E-state index in [1.165, 1.54) is 18.0 Å². The normalized spacial score (nSPS) is 8.89. The van der Waals surface area contributed by atoms with Gasteiger partial charge in [0.25, 0.3) is 0 Å². The van der Waals surface area contributed by atoms with Crippen LogP contribution in [0.5, 0.6) is 0 Å². The van der Waals surface area contributed by atoms with E-state index in [1.807, 2.05) is 0 Å². The summed E-state index contributed by atoms with van der Waals surface area (Å²) >= 11 is 8.93. The predicted molar refractivity (Wildman–Crippen MR) is 54.5 cm³/mol. The van der Waals surface area contributed by atoms with E-state index in [-0.39, 0.29) is 18.2 Å². The molecule has 0 amide bonds. The summed E-state index contributed by atoms with van der Waals surface area (Å²) in [6.07, 6.45) is 0. The van der Waals surface area contributed by atoms with Crippen molar-refractivity contribution in [2.45, 2.75) is 0 Å². The van der Waals surface area contributed by atoms with Crippen LogP contribution < -0.4 is 11.5 Å². The Balaban J connectivity index is 3.10. The van der Waals surface area contributed by atoms with E-state index < -0.39 is 0 Å². The fourth-order valence-corrected chi connectivity index (χ4v) is 8.43. The van der Waals surface area contributed by atoms with E-state index >= 15 is 0 Å². The summed E-state index contributed by atoms with van der Waals surface area (Å²) in [7, 11) is 2.99. The molecule has 2 nitrogen and oxygen atoms in total. The van der Waals surface area contributed by atoms with Crippen molar-refractivity contribution in [2.24, 2.45) is 11.5 Å². The molecule has 0 saturated carbocycles. The van der Waals surface area contributed by atoms with Crippen LogP contribution in [0.25, 0.3) is 0 Å². The molecule has 0 spiro atoms. The van der Waals surface area contributed by atoms with Crippen molar-refractivity contribution in [2.75, 3.05) is 0 Å². The fourth-order valence-electron chi connectivity index (χ4n) is 0.0841. The number of nitrogens with two attached hydrogens (primary N) is 2. The molecule has 9 heavy (non-hydrogen) atoms. The third kappa shape index (κ3) is 9.27. The first-order valence-corrected chi connectivity index (χ1v) is 9.74. The zero-order chi connectivity index (χ0) is 7.28. The zero-order valence-corrected chi connectivity index (χ0v) is 9.79. The van der Waals surface area contributed by atoms with Crippen molar-refractivity contribution in [3.63, 3.8) is 0 Å². The van der Waals surface area contributed by atoms with Crippen molar-refractivity contribution in [3.05, 3.63) is 0 Å². The standard InChI is InChI=1S/C2H4N2S4Te/c3-1(5)7-9-8-2(4)6/h(H2,3,5)(H2,4,6). The van der Waals surface area contributed by atoms with Crippen LogP contribution in [0.15, 0.2) is 0 Å². The minimum absolute atomic E-state index is 0.313. The first-order chi connectivity index (χ1) is 4.13. The second kappa shape index (κ2) is 6.01. The first-order valence-electron chi connectivity index (χ1n) is 1.73. The SMILES string of the molecule is NC(=S)S[Te]SC(N)=S. The summed E-state index contributed by atoms with van der Waals surface area (Å²) in [4.78, 5) is 0. The zero-order valence-electron chi connectivity index (χ0n) is 4.20. The average molecular weight is 312 g/mol. The summed E-state index contributed by atoms with van der Waals surface area (Å²) < 4.78 is 0.974. The molecule has 52 valence electrons. The molecule has 0 aliphatic carbocycles. The van der Waals surface area contributed by atoms with Gasteiger partial charge in [-0.2, -0.15) is 0 Å². The number of thiocarbonyl (C=S) groups is 2. The second-order valence-corrected chi connectivity index (χ2v) is 10.4. The minimum atomic E-state index is -0.313. The van der Waals surface area contributed by atoms with Gasteiger partial charge in [-0.25, -0.2) is 0 Å². The van der Waals surface area contributed by atoms with Crippen LogP contribution >= 0.6 is 42.4 Å². The Morgan fingerprint density at radius 1 is 1.11 bits per heavy atom. The van der Waals surface area contributed by atoms with Gasteiger partial charge in [0.2, 0.25) is 0 Å². The monoisotopic (exact) mass is 314 g/mol. The van der Waals surface area contributed by atoms with Crippen LogP contribution in [-0.2, 0) is 0 Å². The molecule has 4 N–H and O–H groups in total. The molecule has 0 unspecified atom stereocenters. The summed E-state index contributed by atoms with van der Waals surface area (Å²) in [5.74, 6) is 0. The Morgan fingerprint density at radius 3 is 1.67 bits per heavy atom. The van der Waals surface area contributed by atoms with E-state index in [4.69, 9.17) is 11.5 Å². The van der Waals surface area contributed by atoms with Crippen LogP contribution in [0.1, 0.15) is 0 Å². The van der Waals surface area contributed by atoms with Gasteiger partial charge >= 0.3 is 80.7 Å². The van der Waals surface area contributed by atoms with Crippen molar-refractivity contribution in [1.82, 2.24) is 0 Å². The van der Waals surface area contributed by atoms with Gasteiger partial charge in [-0.1, -0.05) is 0 Å². The van der Waals surface area contributed by atoms with Crippen molar-refractivity contribution >= 4 is 69.2 Å². The number of rotatable bonds is 2. The topological polar surface area (TPSA) is 52.0 Å². The quantitative estimate of drug-likeness (QED) is 0.571. The fraction of sp³-hybridized carbons (Fsp3) is 0. The van der Waals surface area contributed by atoms with Gasteiger partial charge in [-0.15, -0.1) is 0 Å². The second-order valence-electron chi connectivity index (χ2n) is 0.873. The third-order valence-electron chi connectivity index (χ3n) is 0.232. The molecule has 0 fully saturated rings. The molecule has 0 aromatic carbocycles. The third-order valence-corrected chi connectivity index (χ3v) is 10.2. The van der Waals surface area contributed by atoms with E-state index in [1.54, 1.807) is 0 Å². The van der Waals surface area contributed by atoms with Gasteiger partial charge in [0.1, 0.15) is 0 Å². The first kappa shape index (κ1) is 10.3. The average Bonchev–Trinajstić information content (AvgIpc) is 1.63. The van der Waals surface area contributed by atoms with Gasteiger partial charge in [-0.3, -0.25) is 0 Å². The van der Waals surface area contributed by atoms with Crippen LogP contribution in [0.3, 0.4) is 0 Å². The molecule has 7 heteroatoms. The Bertz CT molecular complexity index is 112. The van der Waals surface area contributed by atoms with Gasteiger partial charge in [-0.05, 0) is 0 Å². The molecule has 0 atom stereocenters. The maximum atomic E-state index is 5.21. The molecular formula is C2H4N2S4Te. The van der Waals surface area contributed by atoms with Crippen LogP contribution in [-0.4, -0.2) is 26.8 Å². The van der Waals surface area contributed by atoms with E-state index in [2.05, 4.69) is 24.4 Å². The molecule has 0 aromatic heterocycles. The van der Waals surface area contributed by atoms with Gasteiger partial charge in [0, 0.05) is 0 Å². The summed E-state index contributed by atoms with van der Waals surface area (Å²) in [5, 5.41) is 0. The van der Waals surface area contributed by atoms with Gasteiger partial charge < -0.3 is 0 Å². The van der Waals surface area contributed by atoms with E-state index in [9.17, 15) is 0 Å². The van der Waals surface area contributed by atoms with Crippen LogP contribution in [0.2, 0.25) is 0 Å². The molecule has 0 aliphatic heterocycles. The number of hydrogen-bond acceptors (Lipinski definition) is 4. The summed E-state index contributed by atoms with van der Waals surface area (Å²) in [5.41, 5.74) is 10.4. The van der Waals surface area contributed by atoms with E-state index in [0.717, 1.165) is 0 Å². The predicted octanol–water partition coefficient (Wildman–Crippen LogP) is 0.474. The maximum absolute atomic E-state index is 5.21. The van der Waals surface area contributed by atoms with Crippen molar-refractivity contribution < 1.29 is 0 Å². The summed E-state index contributed by atoms with van der Waals surface area (Å²) in [6, 6.07) is 0. The van der Waals surface area contributed by atoms with Gasteiger partial charge in [0.15, 0.2) is 0 Å².